The molecule has 130 valence electrons. The molecule has 0 aliphatic carbocycles. The van der Waals surface area contributed by atoms with Crippen molar-refractivity contribution in [2.75, 3.05) is 19.8 Å². The first kappa shape index (κ1) is 18.2. The quantitative estimate of drug-likeness (QED) is 0.461. The predicted molar refractivity (Wildman–Crippen MR) is 92.8 cm³/mol. The fraction of sp³-hybridized carbons (Fsp3) is 0.438. The second-order valence-corrected chi connectivity index (χ2v) is 5.62. The lowest BCUT2D eigenvalue weighted by Crippen LogP contribution is -2.32. The Morgan fingerprint density at radius 2 is 1.92 bits per heavy atom. The SMILES string of the molecule is CC(C)N1N=C(CO)C(=Nc2ccc(C(O)NCCO)cc2)C1=N. The van der Waals surface area contributed by atoms with Gasteiger partial charge in [0.2, 0.25) is 0 Å². The van der Waals surface area contributed by atoms with Crippen molar-refractivity contribution >= 4 is 22.9 Å². The number of amidine groups is 1. The molecule has 0 radical (unpaired) electrons. The highest BCUT2D eigenvalue weighted by molar-refractivity contribution is 6.70. The molecule has 0 saturated heterocycles. The van der Waals surface area contributed by atoms with Gasteiger partial charge in [-0.15, -0.1) is 0 Å². The predicted octanol–water partition coefficient (Wildman–Crippen LogP) is 0.381. The molecule has 24 heavy (non-hydrogen) atoms. The third-order valence-corrected chi connectivity index (χ3v) is 3.49. The lowest BCUT2D eigenvalue weighted by molar-refractivity contribution is 0.129. The Morgan fingerprint density at radius 1 is 1.25 bits per heavy atom. The molecule has 1 aromatic rings. The molecule has 0 fully saturated rings. The minimum absolute atomic E-state index is 0.00173. The number of nitrogens with one attached hydrogen (secondary N) is 2. The number of benzene rings is 1. The zero-order chi connectivity index (χ0) is 17.7. The summed E-state index contributed by atoms with van der Waals surface area (Å²) >= 11 is 0. The molecule has 0 spiro atoms. The van der Waals surface area contributed by atoms with Crippen LogP contribution in [0.25, 0.3) is 0 Å². The van der Waals surface area contributed by atoms with Crippen LogP contribution in [0.4, 0.5) is 5.69 Å². The van der Waals surface area contributed by atoms with Crippen molar-refractivity contribution in [1.29, 1.82) is 5.41 Å². The highest BCUT2D eigenvalue weighted by atomic mass is 16.3. The summed E-state index contributed by atoms with van der Waals surface area (Å²) in [4.78, 5) is 4.40. The standard InChI is InChI=1S/C16H23N5O3/c1-10(2)21-15(17)14(13(9-23)20-21)19-12-5-3-11(4-6-12)16(24)18-7-8-22/h3-6,10,16-18,22-24H,7-9H2,1-2H3. The van der Waals surface area contributed by atoms with Crippen LogP contribution in [0.2, 0.25) is 0 Å². The maximum atomic E-state index is 9.89. The molecular formula is C16H23N5O3. The van der Waals surface area contributed by atoms with Crippen LogP contribution in [0.5, 0.6) is 0 Å². The Labute approximate surface area is 140 Å². The maximum absolute atomic E-state index is 9.89. The summed E-state index contributed by atoms with van der Waals surface area (Å²) in [6.07, 6.45) is -0.866. The average molecular weight is 333 g/mol. The monoisotopic (exact) mass is 333 g/mol. The summed E-state index contributed by atoms with van der Waals surface area (Å²) in [6.45, 7) is 3.77. The fourth-order valence-corrected chi connectivity index (χ4v) is 2.25. The Hall–Kier alpha value is -2.13. The highest BCUT2D eigenvalue weighted by Crippen LogP contribution is 2.20. The van der Waals surface area contributed by atoms with E-state index in [0.29, 0.717) is 29.2 Å². The van der Waals surface area contributed by atoms with E-state index in [1.54, 1.807) is 24.3 Å². The summed E-state index contributed by atoms with van der Waals surface area (Å²) < 4.78 is 0. The van der Waals surface area contributed by atoms with Crippen LogP contribution >= 0.6 is 0 Å². The number of rotatable bonds is 7. The molecule has 8 heteroatoms. The van der Waals surface area contributed by atoms with E-state index >= 15 is 0 Å². The summed E-state index contributed by atoms with van der Waals surface area (Å²) in [7, 11) is 0. The first-order chi connectivity index (χ1) is 11.5. The molecule has 2 rings (SSSR count). The summed E-state index contributed by atoms with van der Waals surface area (Å²) in [5.41, 5.74) is 1.95. The maximum Gasteiger partial charge on any atom is 0.169 e. The van der Waals surface area contributed by atoms with Crippen molar-refractivity contribution in [2.45, 2.75) is 26.1 Å². The van der Waals surface area contributed by atoms with E-state index in [1.165, 1.54) is 5.01 Å². The third kappa shape index (κ3) is 4.04. The van der Waals surface area contributed by atoms with Gasteiger partial charge in [0.25, 0.3) is 0 Å². The van der Waals surface area contributed by atoms with Crippen LogP contribution in [-0.4, -0.2) is 63.4 Å². The van der Waals surface area contributed by atoms with E-state index in [0.717, 1.165) is 0 Å². The lowest BCUT2D eigenvalue weighted by atomic mass is 10.1. The van der Waals surface area contributed by atoms with E-state index in [9.17, 15) is 10.2 Å². The van der Waals surface area contributed by atoms with Gasteiger partial charge in [0.05, 0.1) is 18.9 Å². The molecule has 1 aliphatic heterocycles. The van der Waals surface area contributed by atoms with E-state index in [-0.39, 0.29) is 25.1 Å². The Bertz CT molecular complexity index is 640. The van der Waals surface area contributed by atoms with E-state index in [4.69, 9.17) is 10.5 Å². The smallest absolute Gasteiger partial charge is 0.169 e. The fourth-order valence-electron chi connectivity index (χ4n) is 2.25. The van der Waals surface area contributed by atoms with Crippen LogP contribution in [0, 0.1) is 5.41 Å². The molecule has 8 nitrogen and oxygen atoms in total. The summed E-state index contributed by atoms with van der Waals surface area (Å²) in [5, 5.41) is 44.7. The number of aliphatic hydroxyl groups is 3. The van der Waals surface area contributed by atoms with Crippen LogP contribution in [0.3, 0.4) is 0 Å². The van der Waals surface area contributed by atoms with Gasteiger partial charge < -0.3 is 15.3 Å². The second-order valence-electron chi connectivity index (χ2n) is 5.62. The zero-order valence-corrected chi connectivity index (χ0v) is 13.8. The number of hydrogen-bond donors (Lipinski definition) is 5. The van der Waals surface area contributed by atoms with Gasteiger partial charge in [-0.05, 0) is 31.5 Å². The van der Waals surface area contributed by atoms with E-state index in [2.05, 4.69) is 15.4 Å². The number of hydrogen-bond acceptors (Lipinski definition) is 7. The number of aliphatic hydroxyl groups excluding tert-OH is 3. The molecule has 5 N–H and O–H groups in total. The largest absolute Gasteiger partial charge is 0.395 e. The normalized spacial score (nSPS) is 17.8. The molecule has 1 aromatic carbocycles. The topological polar surface area (TPSA) is 125 Å². The number of aliphatic imine (C=N–C) groups is 1. The van der Waals surface area contributed by atoms with Gasteiger partial charge in [-0.2, -0.15) is 5.10 Å². The molecule has 1 heterocycles. The summed E-state index contributed by atoms with van der Waals surface area (Å²) in [6, 6.07) is 6.85. The van der Waals surface area contributed by atoms with Gasteiger partial charge in [-0.3, -0.25) is 10.7 Å². The second kappa shape index (κ2) is 8.11. The summed E-state index contributed by atoms with van der Waals surface area (Å²) in [5.74, 6) is 0.155. The Morgan fingerprint density at radius 3 is 2.46 bits per heavy atom. The molecular weight excluding hydrogens is 310 g/mol. The van der Waals surface area contributed by atoms with Gasteiger partial charge in [-0.1, -0.05) is 12.1 Å². The molecule has 0 bridgehead atoms. The third-order valence-electron chi connectivity index (χ3n) is 3.49. The van der Waals surface area contributed by atoms with Crippen molar-refractivity contribution in [2.24, 2.45) is 10.1 Å². The van der Waals surface area contributed by atoms with Crippen molar-refractivity contribution in [3.63, 3.8) is 0 Å². The van der Waals surface area contributed by atoms with Gasteiger partial charge in [0.15, 0.2) is 5.84 Å². The molecule has 1 unspecified atom stereocenters. The molecule has 0 aromatic heterocycles. The average Bonchev–Trinajstić information content (AvgIpc) is 2.89. The molecule has 0 amide bonds. The van der Waals surface area contributed by atoms with Crippen LogP contribution in [0.15, 0.2) is 34.4 Å². The van der Waals surface area contributed by atoms with Crippen LogP contribution < -0.4 is 5.32 Å². The van der Waals surface area contributed by atoms with Crippen molar-refractivity contribution in [1.82, 2.24) is 10.3 Å². The molecule has 1 aliphatic rings. The van der Waals surface area contributed by atoms with Gasteiger partial charge >= 0.3 is 0 Å². The molecule has 1 atom stereocenters. The highest BCUT2D eigenvalue weighted by Gasteiger charge is 2.29. The number of nitrogens with zero attached hydrogens (tertiary/aromatic N) is 3. The van der Waals surface area contributed by atoms with Gasteiger partial charge in [-0.25, -0.2) is 10.0 Å². The minimum atomic E-state index is -0.866. The minimum Gasteiger partial charge on any atom is -0.395 e. The Balaban J connectivity index is 2.19. The first-order valence-electron chi connectivity index (χ1n) is 7.75. The number of hydrazone groups is 1. The Kier molecular flexibility index (Phi) is 6.16. The lowest BCUT2D eigenvalue weighted by Gasteiger charge is -2.17. The van der Waals surface area contributed by atoms with Crippen molar-refractivity contribution < 1.29 is 15.3 Å². The molecule has 0 saturated carbocycles. The first-order valence-corrected chi connectivity index (χ1v) is 7.75. The van der Waals surface area contributed by atoms with Crippen LogP contribution in [0.1, 0.15) is 25.6 Å². The van der Waals surface area contributed by atoms with Gasteiger partial charge in [0.1, 0.15) is 17.7 Å². The van der Waals surface area contributed by atoms with Crippen LogP contribution in [-0.2, 0) is 0 Å². The van der Waals surface area contributed by atoms with Crippen molar-refractivity contribution in [3.05, 3.63) is 29.8 Å². The van der Waals surface area contributed by atoms with Gasteiger partial charge in [0, 0.05) is 12.6 Å². The van der Waals surface area contributed by atoms with E-state index < -0.39 is 6.23 Å². The van der Waals surface area contributed by atoms with Crippen molar-refractivity contribution in [3.8, 4) is 0 Å². The van der Waals surface area contributed by atoms with E-state index in [1.807, 2.05) is 13.8 Å². The zero-order valence-electron chi connectivity index (χ0n) is 13.8.